The topological polar surface area (TPSA) is 0 Å². The second-order valence-electron chi connectivity index (χ2n) is 2.75. The molecule has 0 nitrogen and oxygen atoms in total. The highest BCUT2D eigenvalue weighted by atomic mass is 127. The van der Waals surface area contributed by atoms with Crippen LogP contribution in [0.2, 0.25) is 0 Å². The highest BCUT2D eigenvalue weighted by Crippen LogP contribution is 2.51. The van der Waals surface area contributed by atoms with Crippen molar-refractivity contribution in [3.8, 4) is 0 Å². The average molecular weight is 282 g/mol. The summed E-state index contributed by atoms with van der Waals surface area (Å²) in [6.07, 6.45) is 1.10. The summed E-state index contributed by atoms with van der Waals surface area (Å²) in [5.41, 5.74) is 0. The molecule has 0 radical (unpaired) electrons. The Bertz CT molecular complexity index is 147. The first-order chi connectivity index (χ1) is 4.86. The van der Waals surface area contributed by atoms with Crippen LogP contribution in [0.1, 0.15) is 19.3 Å². The first-order valence-electron chi connectivity index (χ1n) is 3.30. The highest BCUT2D eigenvalue weighted by Gasteiger charge is 2.60. The largest absolute Gasteiger partial charge is 0.358 e. The standard InChI is InChI=1S/C6H7F4I/c7-5(8,6(9,10)11)4-2-1-3-4/h4H,1-3H2. The van der Waals surface area contributed by atoms with E-state index in [4.69, 9.17) is 0 Å². The molecule has 1 aliphatic carbocycles. The lowest BCUT2D eigenvalue weighted by molar-refractivity contribution is -0.191. The Hall–Kier alpha value is 0.450. The van der Waals surface area contributed by atoms with E-state index in [1.54, 1.807) is 0 Å². The minimum Gasteiger partial charge on any atom is -0.199 e. The molecule has 0 saturated heterocycles. The van der Waals surface area contributed by atoms with Crippen molar-refractivity contribution in [3.05, 3.63) is 0 Å². The van der Waals surface area contributed by atoms with Gasteiger partial charge in [0.25, 0.3) is 0 Å². The van der Waals surface area contributed by atoms with Crippen LogP contribution < -0.4 is 0 Å². The van der Waals surface area contributed by atoms with Crippen molar-refractivity contribution >= 4 is 22.6 Å². The summed E-state index contributed by atoms with van der Waals surface area (Å²) in [6, 6.07) is 0. The number of halogens is 5. The van der Waals surface area contributed by atoms with Crippen LogP contribution in [0.15, 0.2) is 0 Å². The van der Waals surface area contributed by atoms with E-state index in [9.17, 15) is 17.6 Å². The molecule has 0 aromatic rings. The van der Waals surface area contributed by atoms with E-state index < -0.39 is 15.8 Å². The maximum atomic E-state index is 12.6. The van der Waals surface area contributed by atoms with Gasteiger partial charge in [-0.05, 0) is 12.8 Å². The third kappa shape index (κ3) is 1.62. The van der Waals surface area contributed by atoms with Gasteiger partial charge in [-0.2, -0.15) is 17.6 Å². The van der Waals surface area contributed by atoms with Gasteiger partial charge in [0.1, 0.15) is 0 Å². The average Bonchev–Trinajstić information content (AvgIpc) is 1.53. The Balaban J connectivity index is 2.64. The Morgan fingerprint density at radius 3 is 1.64 bits per heavy atom. The van der Waals surface area contributed by atoms with Crippen molar-refractivity contribution < 1.29 is 17.6 Å². The highest BCUT2D eigenvalue weighted by molar-refractivity contribution is 14.1. The van der Waals surface area contributed by atoms with E-state index in [0.717, 1.165) is 0 Å². The van der Waals surface area contributed by atoms with Gasteiger partial charge >= 0.3 is 9.85 Å². The summed E-state index contributed by atoms with van der Waals surface area (Å²) in [4.78, 5) is 0. The maximum absolute atomic E-state index is 12.6. The SMILES string of the molecule is FC(F)(I)C(F)(F)C1CCC1. The van der Waals surface area contributed by atoms with Crippen molar-refractivity contribution in [2.24, 2.45) is 5.92 Å². The van der Waals surface area contributed by atoms with Crippen LogP contribution in [0.3, 0.4) is 0 Å². The number of alkyl halides is 5. The lowest BCUT2D eigenvalue weighted by Gasteiger charge is -2.35. The molecule has 0 N–H and O–H groups in total. The fourth-order valence-electron chi connectivity index (χ4n) is 1.00. The smallest absolute Gasteiger partial charge is 0.199 e. The van der Waals surface area contributed by atoms with E-state index in [0.29, 0.717) is 29.0 Å². The Morgan fingerprint density at radius 2 is 1.55 bits per heavy atom. The molecule has 0 spiro atoms. The lowest BCUT2D eigenvalue weighted by atomic mass is 9.80. The molecule has 11 heavy (non-hydrogen) atoms. The Morgan fingerprint density at radius 1 is 1.09 bits per heavy atom. The fourth-order valence-corrected chi connectivity index (χ4v) is 1.44. The molecule has 1 fully saturated rings. The molecule has 0 aliphatic heterocycles. The van der Waals surface area contributed by atoms with Crippen LogP contribution in [-0.4, -0.2) is 9.85 Å². The first kappa shape index (κ1) is 9.54. The third-order valence-corrected chi connectivity index (χ3v) is 2.71. The van der Waals surface area contributed by atoms with Gasteiger partial charge in [-0.15, -0.1) is 0 Å². The number of hydrogen-bond acceptors (Lipinski definition) is 0. The van der Waals surface area contributed by atoms with Crippen LogP contribution in [0.25, 0.3) is 0 Å². The van der Waals surface area contributed by atoms with Crippen LogP contribution in [0.4, 0.5) is 17.6 Å². The van der Waals surface area contributed by atoms with Crippen molar-refractivity contribution in [1.82, 2.24) is 0 Å². The minimum absolute atomic E-state index is 0.228. The third-order valence-electron chi connectivity index (χ3n) is 2.00. The van der Waals surface area contributed by atoms with Gasteiger partial charge < -0.3 is 0 Å². The summed E-state index contributed by atoms with van der Waals surface area (Å²) in [5.74, 6) is -4.92. The van der Waals surface area contributed by atoms with Gasteiger partial charge in [-0.3, -0.25) is 0 Å². The summed E-state index contributed by atoms with van der Waals surface area (Å²) in [7, 11) is 0. The zero-order valence-electron chi connectivity index (χ0n) is 5.59. The lowest BCUT2D eigenvalue weighted by Crippen LogP contribution is -2.45. The van der Waals surface area contributed by atoms with E-state index in [1.165, 1.54) is 0 Å². The van der Waals surface area contributed by atoms with Gasteiger partial charge in [0.05, 0.1) is 0 Å². The molecular formula is C6H7F4I. The molecule has 5 heteroatoms. The van der Waals surface area contributed by atoms with E-state index >= 15 is 0 Å². The quantitative estimate of drug-likeness (QED) is 0.413. The summed E-state index contributed by atoms with van der Waals surface area (Å²) >= 11 is 0.508. The van der Waals surface area contributed by atoms with Gasteiger partial charge in [0.2, 0.25) is 0 Å². The molecule has 0 unspecified atom stereocenters. The van der Waals surface area contributed by atoms with Crippen molar-refractivity contribution in [2.45, 2.75) is 29.1 Å². The first-order valence-corrected chi connectivity index (χ1v) is 4.38. The molecular weight excluding hydrogens is 275 g/mol. The van der Waals surface area contributed by atoms with Gasteiger partial charge in [-0.1, -0.05) is 6.42 Å². The van der Waals surface area contributed by atoms with E-state index in [-0.39, 0.29) is 12.8 Å². The molecule has 1 rings (SSSR count). The Kier molecular flexibility index (Phi) is 2.38. The summed E-state index contributed by atoms with van der Waals surface area (Å²) in [5, 5.41) is 0. The molecule has 0 heterocycles. The van der Waals surface area contributed by atoms with E-state index in [1.807, 2.05) is 0 Å². The Labute approximate surface area is 75.5 Å². The predicted molar refractivity (Wildman–Crippen MR) is 41.3 cm³/mol. The molecule has 1 saturated carbocycles. The monoisotopic (exact) mass is 282 g/mol. The summed E-state index contributed by atoms with van der Waals surface area (Å²) < 4.78 is 45.8. The summed E-state index contributed by atoms with van der Waals surface area (Å²) in [6.45, 7) is 0. The fraction of sp³-hybridized carbons (Fsp3) is 1.00. The maximum Gasteiger partial charge on any atom is 0.358 e. The predicted octanol–water partition coefficient (Wildman–Crippen LogP) is 3.45. The van der Waals surface area contributed by atoms with Crippen molar-refractivity contribution in [3.63, 3.8) is 0 Å². The zero-order chi connectivity index (χ0) is 8.70. The van der Waals surface area contributed by atoms with Crippen LogP contribution in [-0.2, 0) is 0 Å². The molecule has 0 atom stereocenters. The van der Waals surface area contributed by atoms with Crippen molar-refractivity contribution in [2.75, 3.05) is 0 Å². The van der Waals surface area contributed by atoms with Crippen LogP contribution >= 0.6 is 22.6 Å². The van der Waals surface area contributed by atoms with Crippen LogP contribution in [0, 0.1) is 5.92 Å². The molecule has 0 aromatic heterocycles. The molecule has 66 valence electrons. The van der Waals surface area contributed by atoms with Crippen LogP contribution in [0.5, 0.6) is 0 Å². The molecule has 0 aromatic carbocycles. The van der Waals surface area contributed by atoms with Gasteiger partial charge in [0, 0.05) is 28.5 Å². The van der Waals surface area contributed by atoms with E-state index in [2.05, 4.69) is 0 Å². The molecule has 1 aliphatic rings. The second-order valence-corrected chi connectivity index (χ2v) is 4.10. The van der Waals surface area contributed by atoms with Gasteiger partial charge in [-0.25, -0.2) is 0 Å². The van der Waals surface area contributed by atoms with Gasteiger partial charge in [0.15, 0.2) is 0 Å². The molecule has 0 amide bonds. The minimum atomic E-state index is -3.89. The number of hydrogen-bond donors (Lipinski definition) is 0. The second kappa shape index (κ2) is 2.74. The van der Waals surface area contributed by atoms with Crippen molar-refractivity contribution in [1.29, 1.82) is 0 Å². The molecule has 0 bridgehead atoms. The number of rotatable bonds is 2. The normalized spacial score (nSPS) is 21.5. The zero-order valence-corrected chi connectivity index (χ0v) is 7.75.